The Balaban J connectivity index is 1.88. The molecule has 0 radical (unpaired) electrons. The summed E-state index contributed by atoms with van der Waals surface area (Å²) in [7, 11) is -3.47. The number of amides is 1. The van der Waals surface area contributed by atoms with Crippen LogP contribution in [0.25, 0.3) is 0 Å². The van der Waals surface area contributed by atoms with E-state index in [1.54, 1.807) is 24.3 Å². The Bertz CT molecular complexity index is 956. The molecule has 1 aliphatic heterocycles. The van der Waals surface area contributed by atoms with Gasteiger partial charge in [0.2, 0.25) is 10.0 Å². The third-order valence-corrected chi connectivity index (χ3v) is 5.86. The lowest BCUT2D eigenvalue weighted by Crippen LogP contribution is -2.36. The van der Waals surface area contributed by atoms with E-state index < -0.39 is 16.1 Å². The summed E-state index contributed by atoms with van der Waals surface area (Å²) in [5.74, 6) is 0.116. The summed E-state index contributed by atoms with van der Waals surface area (Å²) < 4.78 is 31.5. The zero-order valence-corrected chi connectivity index (χ0v) is 16.5. The van der Waals surface area contributed by atoms with Crippen molar-refractivity contribution in [1.82, 2.24) is 0 Å². The van der Waals surface area contributed by atoms with Gasteiger partial charge in [-0.1, -0.05) is 37.3 Å². The van der Waals surface area contributed by atoms with Crippen LogP contribution in [0.4, 0.5) is 11.4 Å². The van der Waals surface area contributed by atoms with Gasteiger partial charge in [0.1, 0.15) is 5.75 Å². The summed E-state index contributed by atoms with van der Waals surface area (Å²) in [4.78, 5) is 12.9. The zero-order chi connectivity index (χ0) is 19.6. The number of para-hydroxylation sites is 3. The number of carbonyl (C=O) groups is 1. The number of fused-ring (bicyclic) bond motifs is 1. The van der Waals surface area contributed by atoms with Crippen LogP contribution in [0.15, 0.2) is 42.5 Å². The highest BCUT2D eigenvalue weighted by Crippen LogP contribution is 2.34. The van der Waals surface area contributed by atoms with Crippen molar-refractivity contribution in [3.8, 4) is 5.75 Å². The zero-order valence-electron chi connectivity index (χ0n) is 15.7. The lowest BCUT2D eigenvalue weighted by molar-refractivity contribution is -0.122. The number of carbonyl (C=O) groups excluding carboxylic acids is 1. The van der Waals surface area contributed by atoms with E-state index in [1.165, 1.54) is 4.31 Å². The highest BCUT2D eigenvalue weighted by atomic mass is 32.2. The Hall–Kier alpha value is -2.54. The van der Waals surface area contributed by atoms with Crippen LogP contribution in [0.5, 0.6) is 5.75 Å². The third kappa shape index (κ3) is 4.08. The number of aryl methyl sites for hydroxylation is 2. The molecule has 0 spiro atoms. The predicted octanol–water partition coefficient (Wildman–Crippen LogP) is 3.11. The summed E-state index contributed by atoms with van der Waals surface area (Å²) >= 11 is 0. The average Bonchev–Trinajstić information content (AvgIpc) is 2.82. The van der Waals surface area contributed by atoms with Gasteiger partial charge in [-0.05, 0) is 36.6 Å². The lowest BCUT2D eigenvalue weighted by Gasteiger charge is -2.20. The maximum atomic E-state index is 12.9. The number of ether oxygens (including phenoxy) is 1. The van der Waals surface area contributed by atoms with Crippen molar-refractivity contribution in [2.24, 2.45) is 0 Å². The quantitative estimate of drug-likeness (QED) is 0.873. The Kier molecular flexibility index (Phi) is 5.41. The highest BCUT2D eigenvalue weighted by Gasteiger charge is 2.31. The molecule has 1 amide bonds. The van der Waals surface area contributed by atoms with Crippen LogP contribution in [0.1, 0.15) is 24.5 Å². The molecule has 2 aromatic carbocycles. The Labute approximate surface area is 160 Å². The topological polar surface area (TPSA) is 75.7 Å². The molecule has 6 nitrogen and oxygen atoms in total. The van der Waals surface area contributed by atoms with Crippen molar-refractivity contribution in [2.45, 2.75) is 32.8 Å². The largest absolute Gasteiger partial charge is 0.478 e. The normalized spacial score (nSPS) is 16.9. The van der Waals surface area contributed by atoms with E-state index in [9.17, 15) is 13.2 Å². The summed E-state index contributed by atoms with van der Waals surface area (Å²) in [5.41, 5.74) is 3.29. The Morgan fingerprint density at radius 1 is 1.22 bits per heavy atom. The van der Waals surface area contributed by atoms with E-state index in [0.717, 1.165) is 29.5 Å². The van der Waals surface area contributed by atoms with E-state index in [0.29, 0.717) is 11.4 Å². The molecule has 1 aliphatic rings. The molecular weight excluding hydrogens is 364 g/mol. The number of anilines is 2. The van der Waals surface area contributed by atoms with Gasteiger partial charge in [0, 0.05) is 18.7 Å². The molecule has 0 unspecified atom stereocenters. The molecule has 2 aromatic rings. The second kappa shape index (κ2) is 7.60. The number of rotatable bonds is 4. The van der Waals surface area contributed by atoms with Crippen LogP contribution in [-0.4, -0.2) is 33.2 Å². The van der Waals surface area contributed by atoms with Crippen molar-refractivity contribution in [3.05, 3.63) is 53.6 Å². The van der Waals surface area contributed by atoms with Crippen molar-refractivity contribution in [2.75, 3.05) is 22.4 Å². The summed E-state index contributed by atoms with van der Waals surface area (Å²) in [6, 6.07) is 12.8. The van der Waals surface area contributed by atoms with Crippen LogP contribution in [-0.2, 0) is 21.2 Å². The minimum Gasteiger partial charge on any atom is -0.478 e. The molecule has 0 saturated heterocycles. The fourth-order valence-electron chi connectivity index (χ4n) is 3.26. The van der Waals surface area contributed by atoms with Crippen LogP contribution >= 0.6 is 0 Å². The van der Waals surface area contributed by atoms with Crippen molar-refractivity contribution in [3.63, 3.8) is 0 Å². The van der Waals surface area contributed by atoms with Gasteiger partial charge in [0.25, 0.3) is 5.91 Å². The molecule has 1 N–H and O–H groups in total. The van der Waals surface area contributed by atoms with Crippen LogP contribution in [0.2, 0.25) is 0 Å². The fraction of sp³-hybridized carbons (Fsp3) is 0.350. The summed E-state index contributed by atoms with van der Waals surface area (Å²) in [6.07, 6.45) is 1.45. The molecule has 0 aliphatic carbocycles. The number of benzene rings is 2. The van der Waals surface area contributed by atoms with Gasteiger partial charge in [0.05, 0.1) is 11.9 Å². The molecule has 1 heterocycles. The molecule has 0 aromatic heterocycles. The smallest absolute Gasteiger partial charge is 0.265 e. The maximum absolute atomic E-state index is 12.9. The molecule has 144 valence electrons. The third-order valence-electron chi connectivity index (χ3n) is 4.68. The van der Waals surface area contributed by atoms with E-state index in [-0.39, 0.29) is 18.9 Å². The maximum Gasteiger partial charge on any atom is 0.265 e. The predicted molar refractivity (Wildman–Crippen MR) is 107 cm³/mol. The van der Waals surface area contributed by atoms with Gasteiger partial charge < -0.3 is 10.1 Å². The van der Waals surface area contributed by atoms with E-state index in [4.69, 9.17) is 4.74 Å². The molecule has 0 bridgehead atoms. The molecule has 7 heteroatoms. The average molecular weight is 388 g/mol. The summed E-state index contributed by atoms with van der Waals surface area (Å²) in [6.45, 7) is 4.17. The second-order valence-corrected chi connectivity index (χ2v) is 8.56. The minimum atomic E-state index is -3.47. The molecule has 27 heavy (non-hydrogen) atoms. The monoisotopic (exact) mass is 388 g/mol. The number of nitrogens with zero attached hydrogens (tertiary/aromatic N) is 1. The van der Waals surface area contributed by atoms with E-state index in [1.807, 2.05) is 32.0 Å². The van der Waals surface area contributed by atoms with Gasteiger partial charge in [0.15, 0.2) is 6.10 Å². The van der Waals surface area contributed by atoms with Gasteiger partial charge in [-0.3, -0.25) is 9.10 Å². The minimum absolute atomic E-state index is 0.183. The van der Waals surface area contributed by atoms with Crippen LogP contribution in [0, 0.1) is 6.92 Å². The van der Waals surface area contributed by atoms with Gasteiger partial charge in [-0.15, -0.1) is 0 Å². The Morgan fingerprint density at radius 2 is 1.96 bits per heavy atom. The van der Waals surface area contributed by atoms with E-state index >= 15 is 0 Å². The Morgan fingerprint density at radius 3 is 2.67 bits per heavy atom. The SMILES string of the molecule is CCc1cccc(C)c1NC(=O)[C@H]1CCN(S(C)(=O)=O)c2ccccc2O1. The number of sulfonamides is 1. The number of hydrogen-bond donors (Lipinski definition) is 1. The molecule has 0 fully saturated rings. The molecular formula is C20H24N2O4S. The van der Waals surface area contributed by atoms with Gasteiger partial charge in [-0.2, -0.15) is 0 Å². The first kappa shape index (κ1) is 19.2. The standard InChI is InChI=1S/C20H24N2O4S/c1-4-15-9-7-8-14(2)19(15)21-20(23)18-12-13-22(27(3,24)25)16-10-5-6-11-17(16)26-18/h5-11,18H,4,12-13H2,1-3H3,(H,21,23)/t18-/m1/s1. The van der Waals surface area contributed by atoms with E-state index in [2.05, 4.69) is 5.32 Å². The second-order valence-electron chi connectivity index (χ2n) is 6.65. The van der Waals surface area contributed by atoms with Gasteiger partial charge >= 0.3 is 0 Å². The fourth-order valence-corrected chi connectivity index (χ4v) is 4.21. The van der Waals surface area contributed by atoms with Crippen molar-refractivity contribution in [1.29, 1.82) is 0 Å². The molecule has 1 atom stereocenters. The first-order valence-electron chi connectivity index (χ1n) is 8.94. The molecule has 3 rings (SSSR count). The van der Waals surface area contributed by atoms with Crippen LogP contribution < -0.4 is 14.4 Å². The number of hydrogen-bond acceptors (Lipinski definition) is 4. The summed E-state index contributed by atoms with van der Waals surface area (Å²) in [5, 5.41) is 2.98. The van der Waals surface area contributed by atoms with Crippen molar-refractivity contribution < 1.29 is 17.9 Å². The van der Waals surface area contributed by atoms with Crippen molar-refractivity contribution >= 4 is 27.3 Å². The first-order chi connectivity index (χ1) is 12.8. The lowest BCUT2D eigenvalue weighted by atomic mass is 10.1. The van der Waals surface area contributed by atoms with Gasteiger partial charge in [-0.25, -0.2) is 8.42 Å². The first-order valence-corrected chi connectivity index (χ1v) is 10.8. The number of nitrogens with one attached hydrogen (secondary N) is 1. The molecule has 0 saturated carbocycles. The van der Waals surface area contributed by atoms with Crippen LogP contribution in [0.3, 0.4) is 0 Å². The highest BCUT2D eigenvalue weighted by molar-refractivity contribution is 7.92.